The van der Waals surface area contributed by atoms with Crippen molar-refractivity contribution < 1.29 is 5.11 Å². The van der Waals surface area contributed by atoms with Crippen LogP contribution in [0.2, 0.25) is 5.02 Å². The number of rotatable bonds is 6. The fourth-order valence-electron chi connectivity index (χ4n) is 2.16. The van der Waals surface area contributed by atoms with Crippen LogP contribution in [-0.2, 0) is 19.2 Å². The number of aliphatic hydroxyl groups is 1. The predicted molar refractivity (Wildman–Crippen MR) is 112 cm³/mol. The van der Waals surface area contributed by atoms with Crippen molar-refractivity contribution in [1.29, 1.82) is 0 Å². The van der Waals surface area contributed by atoms with Crippen LogP contribution in [0.1, 0.15) is 25.0 Å². The summed E-state index contributed by atoms with van der Waals surface area (Å²) < 4.78 is 1.67. The van der Waals surface area contributed by atoms with E-state index in [0.717, 1.165) is 17.7 Å². The molecule has 0 bridgehead atoms. The summed E-state index contributed by atoms with van der Waals surface area (Å²) in [5.74, 6) is 0.650. The van der Waals surface area contributed by atoms with Crippen LogP contribution in [0, 0.1) is 0 Å². The number of aryl methyl sites for hydroxylation is 1. The summed E-state index contributed by atoms with van der Waals surface area (Å²) in [4.78, 5) is 4.53. The van der Waals surface area contributed by atoms with E-state index in [-0.39, 0.29) is 24.0 Å². The average Bonchev–Trinajstić information content (AvgIpc) is 2.99. The van der Waals surface area contributed by atoms with Gasteiger partial charge in [0.15, 0.2) is 5.96 Å². The molecular formula is C17H25ClIN5O. The van der Waals surface area contributed by atoms with Crippen LogP contribution in [0.25, 0.3) is 0 Å². The molecule has 0 fully saturated rings. The second-order valence-electron chi connectivity index (χ2n) is 5.85. The molecule has 2 aromatic rings. The van der Waals surface area contributed by atoms with Gasteiger partial charge in [-0.2, -0.15) is 5.10 Å². The van der Waals surface area contributed by atoms with Gasteiger partial charge < -0.3 is 15.7 Å². The van der Waals surface area contributed by atoms with Crippen molar-refractivity contribution >= 4 is 41.5 Å². The topological polar surface area (TPSA) is 74.5 Å². The predicted octanol–water partition coefficient (Wildman–Crippen LogP) is 2.65. The summed E-state index contributed by atoms with van der Waals surface area (Å²) in [7, 11) is 1.82. The Morgan fingerprint density at radius 3 is 2.56 bits per heavy atom. The lowest BCUT2D eigenvalue weighted by Crippen LogP contribution is -2.44. The Bertz CT molecular complexity index is 685. The highest BCUT2D eigenvalue weighted by atomic mass is 127. The number of nitrogens with zero attached hydrogens (tertiary/aromatic N) is 3. The van der Waals surface area contributed by atoms with E-state index in [2.05, 4.69) is 20.7 Å². The van der Waals surface area contributed by atoms with Gasteiger partial charge in [0.1, 0.15) is 5.60 Å². The molecule has 0 saturated carbocycles. The molecule has 1 atom stereocenters. The molecule has 0 aliphatic carbocycles. The third-order valence-electron chi connectivity index (χ3n) is 3.60. The lowest BCUT2D eigenvalue weighted by molar-refractivity contribution is 0.0616. The Labute approximate surface area is 170 Å². The van der Waals surface area contributed by atoms with Gasteiger partial charge in [-0.05, 0) is 31.5 Å². The Morgan fingerprint density at radius 1 is 1.32 bits per heavy atom. The summed E-state index contributed by atoms with van der Waals surface area (Å²) in [6.07, 6.45) is 3.47. The standard InChI is InChI=1S/C17H24ClN5O.HI/c1-4-19-16(20-9-13-5-7-15(18)8-6-13)21-12-17(2,24)14-10-22-23(3)11-14;/h5-8,10-11,24H,4,9,12H2,1-3H3,(H2,19,20,21);1H. The first-order valence-electron chi connectivity index (χ1n) is 7.89. The highest BCUT2D eigenvalue weighted by Crippen LogP contribution is 2.18. The molecule has 6 nitrogen and oxygen atoms in total. The minimum atomic E-state index is -1.04. The molecule has 1 aromatic heterocycles. The van der Waals surface area contributed by atoms with Gasteiger partial charge in [0.25, 0.3) is 0 Å². The van der Waals surface area contributed by atoms with Crippen molar-refractivity contribution in [2.24, 2.45) is 12.0 Å². The first-order chi connectivity index (χ1) is 11.4. The van der Waals surface area contributed by atoms with E-state index in [1.165, 1.54) is 0 Å². The van der Waals surface area contributed by atoms with Crippen LogP contribution < -0.4 is 10.6 Å². The monoisotopic (exact) mass is 477 g/mol. The third kappa shape index (κ3) is 6.83. The molecule has 0 amide bonds. The third-order valence-corrected chi connectivity index (χ3v) is 3.86. The van der Waals surface area contributed by atoms with Gasteiger partial charge in [-0.3, -0.25) is 4.68 Å². The van der Waals surface area contributed by atoms with Gasteiger partial charge in [0.2, 0.25) is 0 Å². The SMILES string of the molecule is CCNC(=NCc1ccc(Cl)cc1)NCC(C)(O)c1cnn(C)c1.I. The Balaban J connectivity index is 0.00000312. The van der Waals surface area contributed by atoms with Gasteiger partial charge in [0.05, 0.1) is 19.3 Å². The highest BCUT2D eigenvalue weighted by molar-refractivity contribution is 14.0. The zero-order valence-corrected chi connectivity index (χ0v) is 17.7. The van der Waals surface area contributed by atoms with E-state index in [1.807, 2.05) is 38.2 Å². The number of halogens is 2. The van der Waals surface area contributed by atoms with E-state index in [4.69, 9.17) is 11.6 Å². The van der Waals surface area contributed by atoms with Crippen molar-refractivity contribution in [3.63, 3.8) is 0 Å². The first kappa shape index (κ1) is 21.7. The lowest BCUT2D eigenvalue weighted by atomic mass is 10.00. The number of hydrogen-bond acceptors (Lipinski definition) is 3. The Kier molecular flexibility index (Phi) is 8.67. The van der Waals surface area contributed by atoms with Gasteiger partial charge in [0, 0.05) is 30.4 Å². The van der Waals surface area contributed by atoms with Gasteiger partial charge in [-0.1, -0.05) is 23.7 Å². The number of hydrogen-bond donors (Lipinski definition) is 3. The van der Waals surface area contributed by atoms with Crippen LogP contribution >= 0.6 is 35.6 Å². The van der Waals surface area contributed by atoms with Crippen LogP contribution in [0.3, 0.4) is 0 Å². The highest BCUT2D eigenvalue weighted by Gasteiger charge is 2.24. The summed E-state index contributed by atoms with van der Waals surface area (Å²) in [5.41, 5.74) is 0.784. The summed E-state index contributed by atoms with van der Waals surface area (Å²) in [5, 5.41) is 21.8. The summed E-state index contributed by atoms with van der Waals surface area (Å²) in [6.45, 7) is 5.34. The maximum atomic E-state index is 10.6. The van der Waals surface area contributed by atoms with Gasteiger partial charge in [-0.15, -0.1) is 24.0 Å². The zero-order valence-electron chi connectivity index (χ0n) is 14.7. The lowest BCUT2D eigenvalue weighted by Gasteiger charge is -2.23. The van der Waals surface area contributed by atoms with Crippen molar-refractivity contribution in [2.45, 2.75) is 26.0 Å². The molecule has 1 aromatic carbocycles. The number of nitrogens with one attached hydrogen (secondary N) is 2. The molecule has 0 radical (unpaired) electrons. The van der Waals surface area contributed by atoms with E-state index in [1.54, 1.807) is 24.0 Å². The van der Waals surface area contributed by atoms with E-state index in [0.29, 0.717) is 24.1 Å². The van der Waals surface area contributed by atoms with Crippen molar-refractivity contribution in [2.75, 3.05) is 13.1 Å². The summed E-state index contributed by atoms with van der Waals surface area (Å²) >= 11 is 5.89. The number of benzene rings is 1. The second kappa shape index (κ2) is 9.98. The van der Waals surface area contributed by atoms with Crippen molar-refractivity contribution in [3.05, 3.63) is 52.8 Å². The number of guanidine groups is 1. The number of aliphatic imine (C=N–C) groups is 1. The normalized spacial score (nSPS) is 13.7. The molecule has 1 heterocycles. The molecular weight excluding hydrogens is 453 g/mol. The molecule has 1 unspecified atom stereocenters. The molecule has 0 spiro atoms. The van der Waals surface area contributed by atoms with Gasteiger partial charge in [-0.25, -0.2) is 4.99 Å². The van der Waals surface area contributed by atoms with Crippen LogP contribution in [0.5, 0.6) is 0 Å². The molecule has 0 saturated heterocycles. The maximum Gasteiger partial charge on any atom is 0.191 e. The molecule has 2 rings (SSSR count). The molecule has 3 N–H and O–H groups in total. The minimum Gasteiger partial charge on any atom is -0.383 e. The van der Waals surface area contributed by atoms with Crippen molar-refractivity contribution in [1.82, 2.24) is 20.4 Å². The molecule has 138 valence electrons. The number of aromatic nitrogens is 2. The first-order valence-corrected chi connectivity index (χ1v) is 8.26. The van der Waals surface area contributed by atoms with Crippen LogP contribution in [0.4, 0.5) is 0 Å². The van der Waals surface area contributed by atoms with Crippen LogP contribution in [0.15, 0.2) is 41.7 Å². The van der Waals surface area contributed by atoms with Gasteiger partial charge >= 0.3 is 0 Å². The molecule has 0 aliphatic rings. The maximum absolute atomic E-state index is 10.6. The molecule has 25 heavy (non-hydrogen) atoms. The Hall–Kier alpha value is -1.32. The minimum absolute atomic E-state index is 0. The Morgan fingerprint density at radius 2 is 2.00 bits per heavy atom. The second-order valence-corrected chi connectivity index (χ2v) is 6.29. The molecule has 8 heteroatoms. The van der Waals surface area contributed by atoms with Crippen molar-refractivity contribution in [3.8, 4) is 0 Å². The average molecular weight is 478 g/mol. The fraction of sp³-hybridized carbons (Fsp3) is 0.412. The van der Waals surface area contributed by atoms with E-state index >= 15 is 0 Å². The quantitative estimate of drug-likeness (QED) is 0.340. The van der Waals surface area contributed by atoms with Crippen LogP contribution in [-0.4, -0.2) is 33.9 Å². The smallest absolute Gasteiger partial charge is 0.191 e. The molecule has 0 aliphatic heterocycles. The fourth-order valence-corrected chi connectivity index (χ4v) is 2.29. The summed E-state index contributed by atoms with van der Waals surface area (Å²) in [6, 6.07) is 7.59. The van der Waals surface area contributed by atoms with E-state index in [9.17, 15) is 5.11 Å². The van der Waals surface area contributed by atoms with E-state index < -0.39 is 5.60 Å². The largest absolute Gasteiger partial charge is 0.383 e. The zero-order chi connectivity index (χ0) is 17.6.